The Morgan fingerprint density at radius 3 is 2.34 bits per heavy atom. The van der Waals surface area contributed by atoms with Crippen molar-refractivity contribution in [2.75, 3.05) is 32.7 Å². The lowest BCUT2D eigenvalue weighted by Gasteiger charge is -2.49. The number of allylic oxidation sites excluding steroid dienone is 2. The number of phenols is 1. The summed E-state index contributed by atoms with van der Waals surface area (Å²) in [5.74, 6) is -3.39. The topological polar surface area (TPSA) is 67.2 Å². The summed E-state index contributed by atoms with van der Waals surface area (Å²) in [6, 6.07) is 2.72. The number of fused-ring (bicyclic) bond motifs is 1. The second-order valence-corrected chi connectivity index (χ2v) is 12.3. The lowest BCUT2D eigenvalue weighted by Crippen LogP contribution is -2.53. The van der Waals surface area contributed by atoms with Gasteiger partial charge in [0.1, 0.15) is 17.2 Å². The number of carboxylic acids is 1. The van der Waals surface area contributed by atoms with Crippen molar-refractivity contribution in [2.45, 2.75) is 75.9 Å². The number of benzene rings is 1. The van der Waals surface area contributed by atoms with E-state index < -0.39 is 48.2 Å². The number of piperidine rings is 2. The predicted molar refractivity (Wildman–Crippen MR) is 144 cm³/mol. The Bertz CT molecular complexity index is 1200. The summed E-state index contributed by atoms with van der Waals surface area (Å²) in [5, 5.41) is 19.3. The molecule has 0 amide bonds. The van der Waals surface area contributed by atoms with Crippen LogP contribution in [0.2, 0.25) is 0 Å². The number of carbonyl (C=O) groups is 1. The third-order valence-corrected chi connectivity index (χ3v) is 9.41. The van der Waals surface area contributed by atoms with Crippen molar-refractivity contribution >= 4 is 5.97 Å². The molecular weight excluding hydrogens is 545 g/mol. The van der Waals surface area contributed by atoms with Gasteiger partial charge in [0.05, 0.1) is 18.4 Å². The summed E-state index contributed by atoms with van der Waals surface area (Å²) < 4.78 is 73.6. The van der Waals surface area contributed by atoms with Crippen LogP contribution in [0.15, 0.2) is 41.9 Å². The van der Waals surface area contributed by atoms with Crippen molar-refractivity contribution in [1.82, 2.24) is 14.7 Å². The van der Waals surface area contributed by atoms with Gasteiger partial charge in [-0.3, -0.25) is 9.69 Å². The number of hydrogen-bond acceptors (Lipinski definition) is 5. The van der Waals surface area contributed by atoms with Gasteiger partial charge >= 0.3 is 12.1 Å². The first-order valence-corrected chi connectivity index (χ1v) is 14.4. The van der Waals surface area contributed by atoms with E-state index in [9.17, 15) is 28.2 Å². The van der Waals surface area contributed by atoms with Gasteiger partial charge in [-0.25, -0.2) is 8.78 Å². The number of carboxylic acid groups (broad SMARTS) is 1. The molecule has 2 saturated heterocycles. The van der Waals surface area contributed by atoms with Gasteiger partial charge in [-0.2, -0.15) is 13.2 Å². The average Bonchev–Trinajstić information content (AvgIpc) is 2.89. The minimum Gasteiger partial charge on any atom is -0.508 e. The van der Waals surface area contributed by atoms with Crippen molar-refractivity contribution in [2.24, 2.45) is 11.8 Å². The Morgan fingerprint density at radius 1 is 1.10 bits per heavy atom. The summed E-state index contributed by atoms with van der Waals surface area (Å²) in [5.41, 5.74) is -0.894. The molecule has 0 bridgehead atoms. The molecule has 3 aliphatic heterocycles. The molecule has 226 valence electrons. The maximum atomic E-state index is 16.6. The molecule has 41 heavy (non-hydrogen) atoms. The minimum absolute atomic E-state index is 0.0431. The Labute approximate surface area is 237 Å². The van der Waals surface area contributed by atoms with E-state index in [0.717, 1.165) is 30.8 Å². The molecule has 11 heteroatoms. The monoisotopic (exact) mass is 583 g/mol. The van der Waals surface area contributed by atoms with Gasteiger partial charge in [0.15, 0.2) is 0 Å². The largest absolute Gasteiger partial charge is 0.508 e. The van der Waals surface area contributed by atoms with E-state index in [1.54, 1.807) is 6.92 Å². The molecule has 1 aromatic carbocycles. The number of likely N-dealkylation sites (tertiary alicyclic amines) is 2. The zero-order valence-corrected chi connectivity index (χ0v) is 23.4. The van der Waals surface area contributed by atoms with Crippen molar-refractivity contribution in [3.05, 3.63) is 53.0 Å². The highest BCUT2D eigenvalue weighted by atomic mass is 19.4. The van der Waals surface area contributed by atoms with Crippen LogP contribution in [0.1, 0.15) is 56.7 Å². The fraction of sp³-hybridized carbons (Fsp3) is 0.633. The van der Waals surface area contributed by atoms with E-state index >= 15 is 8.78 Å². The van der Waals surface area contributed by atoms with Gasteiger partial charge in [0, 0.05) is 36.9 Å². The number of alkyl halides is 4. The van der Waals surface area contributed by atoms with E-state index in [2.05, 4.69) is 4.90 Å². The Morgan fingerprint density at radius 2 is 1.76 bits per heavy atom. The molecule has 0 spiro atoms. The van der Waals surface area contributed by atoms with Crippen LogP contribution < -0.4 is 0 Å². The molecular formula is C30H38F5N3O3. The van der Waals surface area contributed by atoms with Crippen molar-refractivity contribution < 1.29 is 37.0 Å². The SMILES string of the molecule is C[C@@H]1Cc2cc(O)ccc2[C@@H](C2C(F)=CC(N3CCC(N4CCC(C(=O)O)CC4)CC3)=CC2(C)F)N1CC(F)(F)F. The summed E-state index contributed by atoms with van der Waals surface area (Å²) in [4.78, 5) is 16.7. The molecule has 4 aliphatic rings. The molecule has 2 N–H and O–H groups in total. The van der Waals surface area contributed by atoms with Crippen LogP contribution in [0.4, 0.5) is 22.0 Å². The number of nitrogens with zero attached hydrogens (tertiary/aromatic N) is 3. The van der Waals surface area contributed by atoms with Crippen LogP contribution in [-0.4, -0.2) is 87.5 Å². The molecule has 0 saturated carbocycles. The first-order valence-electron chi connectivity index (χ1n) is 14.4. The highest BCUT2D eigenvalue weighted by Gasteiger charge is 2.51. The normalized spacial score (nSPS) is 31.0. The van der Waals surface area contributed by atoms with Gasteiger partial charge in [-0.15, -0.1) is 0 Å². The second kappa shape index (κ2) is 11.2. The third-order valence-electron chi connectivity index (χ3n) is 9.41. The standard InChI is InChI=1S/C30H38F5N3O3/c1-18-13-20-14-23(39)3-4-24(20)27(38(18)17-30(33,34)35)26-25(31)15-22(16-29(26,2)32)37-11-7-21(8-12-37)36-9-5-19(6-10-36)28(40)41/h3-4,14-16,18-19,21,26-27,39H,5-13,17H2,1-2H3,(H,40,41)/t18-,26?,27+,29?/m1/s1. The van der Waals surface area contributed by atoms with Gasteiger partial charge in [0.2, 0.25) is 0 Å². The maximum Gasteiger partial charge on any atom is 0.401 e. The number of rotatable bonds is 5. The summed E-state index contributed by atoms with van der Waals surface area (Å²) >= 11 is 0. The lowest BCUT2D eigenvalue weighted by molar-refractivity contribution is -0.163. The molecule has 0 radical (unpaired) electrons. The molecule has 6 nitrogen and oxygen atoms in total. The number of halogens is 5. The fourth-order valence-corrected chi connectivity index (χ4v) is 7.34. The number of hydrogen-bond donors (Lipinski definition) is 2. The molecule has 5 rings (SSSR count). The summed E-state index contributed by atoms with van der Waals surface area (Å²) in [7, 11) is 0. The predicted octanol–water partition coefficient (Wildman–Crippen LogP) is 5.60. The number of aliphatic carboxylic acids is 1. The van der Waals surface area contributed by atoms with Crippen LogP contribution in [-0.2, 0) is 11.2 Å². The van der Waals surface area contributed by atoms with Gasteiger partial charge < -0.3 is 20.0 Å². The zero-order valence-electron chi connectivity index (χ0n) is 23.4. The zero-order chi connectivity index (χ0) is 29.7. The van der Waals surface area contributed by atoms with Gasteiger partial charge in [0.25, 0.3) is 0 Å². The molecule has 3 heterocycles. The molecule has 2 fully saturated rings. The first-order chi connectivity index (χ1) is 19.2. The van der Waals surface area contributed by atoms with Crippen LogP contribution >= 0.6 is 0 Å². The van der Waals surface area contributed by atoms with E-state index in [0.29, 0.717) is 42.8 Å². The third kappa shape index (κ3) is 6.26. The van der Waals surface area contributed by atoms with Crippen molar-refractivity contribution in [3.63, 3.8) is 0 Å². The van der Waals surface area contributed by atoms with E-state index in [1.807, 2.05) is 4.90 Å². The molecule has 1 aromatic rings. The molecule has 2 unspecified atom stereocenters. The average molecular weight is 584 g/mol. The van der Waals surface area contributed by atoms with Crippen LogP contribution in [0.25, 0.3) is 0 Å². The van der Waals surface area contributed by atoms with Crippen molar-refractivity contribution in [1.29, 1.82) is 0 Å². The highest BCUT2D eigenvalue weighted by molar-refractivity contribution is 5.70. The van der Waals surface area contributed by atoms with Gasteiger partial charge in [-0.05, 0) is 94.5 Å². The number of aromatic hydroxyl groups is 1. The van der Waals surface area contributed by atoms with Gasteiger partial charge in [-0.1, -0.05) is 6.07 Å². The second-order valence-electron chi connectivity index (χ2n) is 12.3. The Kier molecular flexibility index (Phi) is 8.15. The quantitative estimate of drug-likeness (QED) is 0.440. The van der Waals surface area contributed by atoms with E-state index in [-0.39, 0.29) is 24.1 Å². The lowest BCUT2D eigenvalue weighted by atomic mass is 9.73. The fourth-order valence-electron chi connectivity index (χ4n) is 7.34. The summed E-state index contributed by atoms with van der Waals surface area (Å²) in [6.07, 6.45) is 1.06. The molecule has 4 atom stereocenters. The van der Waals surface area contributed by atoms with Crippen molar-refractivity contribution in [3.8, 4) is 5.75 Å². The Hall–Kier alpha value is -2.66. The van der Waals surface area contributed by atoms with Crippen LogP contribution in [0.5, 0.6) is 5.75 Å². The first kappa shape index (κ1) is 29.8. The molecule has 1 aliphatic carbocycles. The number of phenolic OH excluding ortho intramolecular Hbond substituents is 1. The highest BCUT2D eigenvalue weighted by Crippen LogP contribution is 2.51. The van der Waals surface area contributed by atoms with Crippen LogP contribution in [0, 0.1) is 11.8 Å². The Balaban J connectivity index is 1.35. The summed E-state index contributed by atoms with van der Waals surface area (Å²) in [6.45, 7) is 4.13. The molecule has 0 aromatic heterocycles. The maximum absolute atomic E-state index is 16.6. The van der Waals surface area contributed by atoms with Crippen LogP contribution in [0.3, 0.4) is 0 Å². The van der Waals surface area contributed by atoms with E-state index in [4.69, 9.17) is 0 Å². The van der Waals surface area contributed by atoms with E-state index in [1.165, 1.54) is 37.3 Å². The minimum atomic E-state index is -4.56. The smallest absolute Gasteiger partial charge is 0.401 e.